The molecular formula is C16H24N4O3. The number of ether oxygens (including phenoxy) is 2. The molecule has 3 N–H and O–H groups in total. The van der Waals surface area contributed by atoms with Crippen LogP contribution < -0.4 is 11.1 Å². The minimum atomic E-state index is -0.273. The maximum Gasteiger partial charge on any atom is 0.270 e. The number of hydrogen-bond acceptors (Lipinski definition) is 6. The third-order valence-corrected chi connectivity index (χ3v) is 3.53. The second-order valence-electron chi connectivity index (χ2n) is 5.85. The van der Waals surface area contributed by atoms with E-state index in [9.17, 15) is 4.79 Å². The first kappa shape index (κ1) is 17.4. The molecule has 1 aliphatic rings. The zero-order chi connectivity index (χ0) is 16.8. The highest BCUT2D eigenvalue weighted by molar-refractivity contribution is 5.92. The molecule has 1 amide bonds. The molecule has 2 heterocycles. The Hall–Kier alpha value is -1.99. The first-order valence-corrected chi connectivity index (χ1v) is 7.70. The Bertz CT molecular complexity index is 564. The van der Waals surface area contributed by atoms with E-state index < -0.39 is 0 Å². The second kappa shape index (κ2) is 8.03. The maximum atomic E-state index is 12.4. The Morgan fingerprint density at radius 1 is 1.52 bits per heavy atom. The molecule has 23 heavy (non-hydrogen) atoms. The average Bonchev–Trinajstić information content (AvgIpc) is 2.47. The Kier molecular flexibility index (Phi) is 6.06. The zero-order valence-corrected chi connectivity index (χ0v) is 13.8. The van der Waals surface area contributed by atoms with E-state index in [1.54, 1.807) is 13.0 Å². The first-order chi connectivity index (χ1) is 11.0. The van der Waals surface area contributed by atoms with Crippen molar-refractivity contribution in [2.45, 2.75) is 39.3 Å². The number of carbonyl (C=O) groups excluding carboxylic acids is 1. The van der Waals surface area contributed by atoms with Crippen LogP contribution in [0.2, 0.25) is 0 Å². The normalized spacial score (nSPS) is 20.8. The molecule has 2 atom stereocenters. The lowest BCUT2D eigenvalue weighted by Crippen LogP contribution is -2.50. The number of aryl methyl sites for hydroxylation is 1. The predicted octanol–water partition coefficient (Wildman–Crippen LogP) is 1.24. The van der Waals surface area contributed by atoms with Gasteiger partial charge in [-0.05, 0) is 33.3 Å². The predicted molar refractivity (Wildman–Crippen MR) is 87.0 cm³/mol. The summed E-state index contributed by atoms with van der Waals surface area (Å²) < 4.78 is 11.3. The van der Waals surface area contributed by atoms with Crippen LogP contribution in [0, 0.1) is 6.92 Å². The molecule has 7 heteroatoms. The lowest BCUT2D eigenvalue weighted by Gasteiger charge is -2.31. The van der Waals surface area contributed by atoms with Gasteiger partial charge in [0.1, 0.15) is 11.8 Å². The molecule has 1 saturated heterocycles. The van der Waals surface area contributed by atoms with E-state index in [0.717, 1.165) is 0 Å². The highest BCUT2D eigenvalue weighted by Crippen LogP contribution is 2.13. The topological polar surface area (TPSA) is 99.4 Å². The van der Waals surface area contributed by atoms with E-state index >= 15 is 0 Å². The van der Waals surface area contributed by atoms with Crippen LogP contribution in [-0.4, -0.2) is 47.8 Å². The number of rotatable bonds is 5. The van der Waals surface area contributed by atoms with Crippen LogP contribution >= 0.6 is 0 Å². The van der Waals surface area contributed by atoms with E-state index in [4.69, 9.17) is 15.2 Å². The molecule has 0 aromatic carbocycles. The number of nitrogen functional groups attached to an aromatic ring is 1. The standard InChI is InChI=1S/C16H24N4O3/c1-10(2)4-7-23-14-9-22-6-5-12(14)19-15(21)13-8-11(3)18-16(17)20-13/h4,8,12,14H,5-7,9H2,1-3H3,(H,19,21)(H2,17,18,20)/t12-,14-/m0/s1. The number of nitrogens with zero attached hydrogens (tertiary/aromatic N) is 2. The van der Waals surface area contributed by atoms with Gasteiger partial charge in [0.15, 0.2) is 0 Å². The van der Waals surface area contributed by atoms with Gasteiger partial charge in [-0.2, -0.15) is 0 Å². The van der Waals surface area contributed by atoms with Crippen molar-refractivity contribution in [3.63, 3.8) is 0 Å². The van der Waals surface area contributed by atoms with E-state index in [1.807, 2.05) is 19.9 Å². The first-order valence-electron chi connectivity index (χ1n) is 7.70. The summed E-state index contributed by atoms with van der Waals surface area (Å²) in [7, 11) is 0. The van der Waals surface area contributed by atoms with Crippen molar-refractivity contribution < 1.29 is 14.3 Å². The largest absolute Gasteiger partial charge is 0.379 e. The van der Waals surface area contributed by atoms with Crippen molar-refractivity contribution >= 4 is 11.9 Å². The number of anilines is 1. The number of nitrogens with one attached hydrogen (secondary N) is 1. The van der Waals surface area contributed by atoms with Crippen molar-refractivity contribution in [2.75, 3.05) is 25.6 Å². The van der Waals surface area contributed by atoms with Crippen LogP contribution in [0.25, 0.3) is 0 Å². The molecule has 1 aliphatic heterocycles. The van der Waals surface area contributed by atoms with Gasteiger partial charge in [-0.3, -0.25) is 4.79 Å². The highest BCUT2D eigenvalue weighted by atomic mass is 16.5. The Balaban J connectivity index is 2.00. The number of nitrogens with two attached hydrogens (primary N) is 1. The van der Waals surface area contributed by atoms with Crippen molar-refractivity contribution in [3.05, 3.63) is 29.1 Å². The maximum absolute atomic E-state index is 12.4. The molecule has 0 unspecified atom stereocenters. The summed E-state index contributed by atoms with van der Waals surface area (Å²) in [5.74, 6) is -0.177. The van der Waals surface area contributed by atoms with Crippen molar-refractivity contribution in [1.82, 2.24) is 15.3 Å². The van der Waals surface area contributed by atoms with E-state index in [2.05, 4.69) is 15.3 Å². The summed E-state index contributed by atoms with van der Waals surface area (Å²) in [5.41, 5.74) is 7.71. The summed E-state index contributed by atoms with van der Waals surface area (Å²) in [5, 5.41) is 2.97. The molecule has 0 bridgehead atoms. The lowest BCUT2D eigenvalue weighted by molar-refractivity contribution is -0.0589. The van der Waals surface area contributed by atoms with Crippen molar-refractivity contribution in [2.24, 2.45) is 0 Å². The van der Waals surface area contributed by atoms with Crippen molar-refractivity contribution in [3.8, 4) is 0 Å². The molecule has 0 radical (unpaired) electrons. The van der Waals surface area contributed by atoms with Crippen LogP contribution in [0.5, 0.6) is 0 Å². The monoisotopic (exact) mass is 320 g/mol. The molecule has 0 aliphatic carbocycles. The minimum Gasteiger partial charge on any atom is -0.379 e. The smallest absolute Gasteiger partial charge is 0.270 e. The summed E-state index contributed by atoms with van der Waals surface area (Å²) in [6.45, 7) is 7.37. The quantitative estimate of drug-likeness (QED) is 0.792. The lowest BCUT2D eigenvalue weighted by atomic mass is 10.1. The molecule has 126 valence electrons. The molecule has 1 fully saturated rings. The summed E-state index contributed by atoms with van der Waals surface area (Å²) in [6.07, 6.45) is 2.52. The minimum absolute atomic E-state index is 0.0958. The summed E-state index contributed by atoms with van der Waals surface area (Å²) in [4.78, 5) is 20.3. The van der Waals surface area contributed by atoms with Crippen LogP contribution in [0.4, 0.5) is 5.95 Å². The SMILES string of the molecule is CC(C)=CCO[C@H]1COCC[C@@H]1NC(=O)c1cc(C)nc(N)n1. The molecule has 7 nitrogen and oxygen atoms in total. The third-order valence-electron chi connectivity index (χ3n) is 3.53. The van der Waals surface area contributed by atoms with Gasteiger partial charge < -0.3 is 20.5 Å². The number of allylic oxidation sites excluding steroid dienone is 1. The number of amides is 1. The summed E-state index contributed by atoms with van der Waals surface area (Å²) >= 11 is 0. The van der Waals surface area contributed by atoms with Crippen LogP contribution in [0.1, 0.15) is 36.5 Å². The number of carbonyl (C=O) groups is 1. The zero-order valence-electron chi connectivity index (χ0n) is 13.8. The second-order valence-corrected chi connectivity index (χ2v) is 5.85. The molecule has 1 aromatic heterocycles. The average molecular weight is 320 g/mol. The van der Waals surface area contributed by atoms with Gasteiger partial charge in [-0.15, -0.1) is 0 Å². The highest BCUT2D eigenvalue weighted by Gasteiger charge is 2.28. The van der Waals surface area contributed by atoms with Gasteiger partial charge in [0.05, 0.1) is 19.3 Å². The van der Waals surface area contributed by atoms with Gasteiger partial charge in [0.2, 0.25) is 5.95 Å². The molecule has 2 rings (SSSR count). The summed E-state index contributed by atoms with van der Waals surface area (Å²) in [6, 6.07) is 1.50. The van der Waals surface area contributed by atoms with Gasteiger partial charge in [-0.1, -0.05) is 11.6 Å². The molecule has 1 aromatic rings. The van der Waals surface area contributed by atoms with E-state index in [1.165, 1.54) is 5.57 Å². The number of hydrogen-bond donors (Lipinski definition) is 2. The van der Waals surface area contributed by atoms with E-state index in [0.29, 0.717) is 31.9 Å². The third kappa shape index (κ3) is 5.30. The van der Waals surface area contributed by atoms with E-state index in [-0.39, 0.29) is 29.7 Å². The van der Waals surface area contributed by atoms with Crippen LogP contribution in [-0.2, 0) is 9.47 Å². The molecular weight excluding hydrogens is 296 g/mol. The fourth-order valence-electron chi connectivity index (χ4n) is 2.33. The van der Waals surface area contributed by atoms with Gasteiger partial charge >= 0.3 is 0 Å². The fraction of sp³-hybridized carbons (Fsp3) is 0.562. The van der Waals surface area contributed by atoms with Crippen LogP contribution in [0.15, 0.2) is 17.7 Å². The van der Waals surface area contributed by atoms with Gasteiger partial charge in [0.25, 0.3) is 5.91 Å². The Morgan fingerprint density at radius 3 is 3.00 bits per heavy atom. The van der Waals surface area contributed by atoms with Crippen LogP contribution in [0.3, 0.4) is 0 Å². The molecule has 0 spiro atoms. The number of aromatic nitrogens is 2. The van der Waals surface area contributed by atoms with Gasteiger partial charge in [0, 0.05) is 12.3 Å². The van der Waals surface area contributed by atoms with Crippen molar-refractivity contribution in [1.29, 1.82) is 0 Å². The Labute approximate surface area is 136 Å². The van der Waals surface area contributed by atoms with Gasteiger partial charge in [-0.25, -0.2) is 9.97 Å². The fourth-order valence-corrected chi connectivity index (χ4v) is 2.33. The Morgan fingerprint density at radius 2 is 2.30 bits per heavy atom. The molecule has 0 saturated carbocycles.